The van der Waals surface area contributed by atoms with E-state index in [2.05, 4.69) is 58.7 Å². The minimum Gasteiger partial charge on any atom is -0.361 e. The van der Waals surface area contributed by atoms with Crippen molar-refractivity contribution in [3.05, 3.63) is 53.4 Å². The monoisotopic (exact) mass is 311 g/mol. The van der Waals surface area contributed by atoms with E-state index in [0.29, 0.717) is 18.0 Å². The van der Waals surface area contributed by atoms with E-state index in [-0.39, 0.29) is 0 Å². The molecule has 1 aliphatic heterocycles. The van der Waals surface area contributed by atoms with Gasteiger partial charge in [0.25, 0.3) is 0 Å². The molecule has 2 fully saturated rings. The first-order chi connectivity index (χ1) is 11.3. The largest absolute Gasteiger partial charge is 0.361 e. The molecule has 122 valence electrons. The third-order valence-electron chi connectivity index (χ3n) is 5.06. The van der Waals surface area contributed by atoms with E-state index in [1.807, 2.05) is 0 Å². The Bertz CT molecular complexity index is 635. The van der Waals surface area contributed by atoms with Crippen LogP contribution >= 0.6 is 0 Å². The van der Waals surface area contributed by atoms with Gasteiger partial charge in [0, 0.05) is 43.7 Å². The summed E-state index contributed by atoms with van der Waals surface area (Å²) in [6, 6.07) is 14.0. The number of hydrogen-bond acceptors (Lipinski definition) is 4. The zero-order valence-corrected chi connectivity index (χ0v) is 13.7. The predicted octanol–water partition coefficient (Wildman–Crippen LogP) is 3.30. The smallest absolute Gasteiger partial charge is 0.140 e. The van der Waals surface area contributed by atoms with Crippen LogP contribution in [0.4, 0.5) is 0 Å². The zero-order valence-electron chi connectivity index (χ0n) is 13.7. The van der Waals surface area contributed by atoms with Gasteiger partial charge >= 0.3 is 0 Å². The minimum absolute atomic E-state index is 0.537. The van der Waals surface area contributed by atoms with Crippen molar-refractivity contribution in [3.8, 4) is 0 Å². The van der Waals surface area contributed by atoms with Gasteiger partial charge in [0.1, 0.15) is 5.76 Å². The van der Waals surface area contributed by atoms with E-state index in [1.54, 1.807) is 0 Å². The van der Waals surface area contributed by atoms with Crippen molar-refractivity contribution in [3.63, 3.8) is 0 Å². The molecule has 23 heavy (non-hydrogen) atoms. The van der Waals surface area contributed by atoms with Crippen LogP contribution in [0.5, 0.6) is 0 Å². The van der Waals surface area contributed by atoms with E-state index in [1.165, 1.54) is 24.8 Å². The number of hydrogen-bond donors (Lipinski definition) is 1. The van der Waals surface area contributed by atoms with Crippen molar-refractivity contribution in [2.75, 3.05) is 6.54 Å². The maximum Gasteiger partial charge on any atom is 0.140 e. The fourth-order valence-electron chi connectivity index (χ4n) is 3.51. The average Bonchev–Trinajstić information content (AvgIpc) is 3.21. The van der Waals surface area contributed by atoms with Crippen LogP contribution in [0, 0.1) is 0 Å². The third-order valence-corrected chi connectivity index (χ3v) is 5.06. The molecule has 1 aliphatic carbocycles. The Balaban J connectivity index is 1.28. The van der Waals surface area contributed by atoms with E-state index < -0.39 is 0 Å². The lowest BCUT2D eigenvalue weighted by molar-refractivity contribution is 0.257. The number of nitrogens with zero attached hydrogens (tertiary/aromatic N) is 2. The summed E-state index contributed by atoms with van der Waals surface area (Å²) in [6.45, 7) is 5.28. The van der Waals surface area contributed by atoms with Crippen LogP contribution in [0.15, 0.2) is 40.9 Å². The summed E-state index contributed by atoms with van der Waals surface area (Å²) in [4.78, 5) is 2.56. The van der Waals surface area contributed by atoms with Crippen molar-refractivity contribution in [1.82, 2.24) is 15.4 Å². The molecule has 0 radical (unpaired) electrons. The summed E-state index contributed by atoms with van der Waals surface area (Å²) in [7, 11) is 0. The van der Waals surface area contributed by atoms with E-state index in [0.717, 1.165) is 31.1 Å². The maximum atomic E-state index is 5.42. The van der Waals surface area contributed by atoms with Gasteiger partial charge in [-0.1, -0.05) is 35.5 Å². The number of rotatable bonds is 6. The van der Waals surface area contributed by atoms with Crippen LogP contribution in [-0.4, -0.2) is 28.7 Å². The van der Waals surface area contributed by atoms with Gasteiger partial charge < -0.3 is 9.84 Å². The highest BCUT2D eigenvalue weighted by atomic mass is 16.5. The van der Waals surface area contributed by atoms with Crippen LogP contribution < -0.4 is 5.32 Å². The van der Waals surface area contributed by atoms with Gasteiger partial charge in [-0.05, 0) is 31.7 Å². The van der Waals surface area contributed by atoms with Crippen molar-refractivity contribution >= 4 is 0 Å². The van der Waals surface area contributed by atoms with Gasteiger partial charge in [-0.25, -0.2) is 0 Å². The first-order valence-corrected chi connectivity index (χ1v) is 8.75. The molecule has 4 heteroatoms. The molecule has 4 nitrogen and oxygen atoms in total. The second-order valence-electron chi connectivity index (χ2n) is 7.07. The Labute approximate surface area is 137 Å². The van der Waals surface area contributed by atoms with Crippen LogP contribution in [0.3, 0.4) is 0 Å². The lowest BCUT2D eigenvalue weighted by Gasteiger charge is -2.20. The maximum absolute atomic E-state index is 5.42. The van der Waals surface area contributed by atoms with E-state index in [4.69, 9.17) is 4.52 Å². The van der Waals surface area contributed by atoms with Crippen molar-refractivity contribution in [2.45, 2.75) is 57.3 Å². The van der Waals surface area contributed by atoms with Crippen LogP contribution in [0.2, 0.25) is 0 Å². The standard InChI is InChI=1S/C19H25N3O/c1-14-9-18(13-22(14)12-15-5-3-2-4-6-15)20-11-17-10-19(23-21-17)16-7-8-16/h2-6,10,14,16,18,20H,7-9,11-13H2,1H3. The summed E-state index contributed by atoms with van der Waals surface area (Å²) >= 11 is 0. The number of likely N-dealkylation sites (tertiary alicyclic amines) is 1. The number of aromatic nitrogens is 1. The molecule has 1 saturated heterocycles. The molecule has 2 unspecified atom stereocenters. The molecule has 4 rings (SSSR count). The Kier molecular flexibility index (Phi) is 4.19. The Morgan fingerprint density at radius 1 is 1.26 bits per heavy atom. The lowest BCUT2D eigenvalue weighted by atomic mass is 10.2. The molecular weight excluding hydrogens is 286 g/mol. The molecule has 2 atom stereocenters. The van der Waals surface area contributed by atoms with Crippen LogP contribution in [0.1, 0.15) is 49.1 Å². The molecule has 1 aromatic carbocycles. The van der Waals surface area contributed by atoms with Gasteiger partial charge in [0.2, 0.25) is 0 Å². The van der Waals surface area contributed by atoms with Crippen LogP contribution in [-0.2, 0) is 13.1 Å². The molecule has 2 heterocycles. The molecule has 1 saturated carbocycles. The number of nitrogens with one attached hydrogen (secondary N) is 1. The molecule has 2 aromatic rings. The van der Waals surface area contributed by atoms with Crippen LogP contribution in [0.25, 0.3) is 0 Å². The van der Waals surface area contributed by atoms with Crippen molar-refractivity contribution in [1.29, 1.82) is 0 Å². The first-order valence-electron chi connectivity index (χ1n) is 8.75. The fraction of sp³-hybridized carbons (Fsp3) is 0.526. The SMILES string of the molecule is CC1CC(NCc2cc(C3CC3)on2)CN1Cc1ccccc1. The van der Waals surface area contributed by atoms with Crippen molar-refractivity contribution < 1.29 is 4.52 Å². The topological polar surface area (TPSA) is 41.3 Å². The predicted molar refractivity (Wildman–Crippen MR) is 90.0 cm³/mol. The van der Waals surface area contributed by atoms with Gasteiger partial charge in [0.15, 0.2) is 0 Å². The normalized spacial score (nSPS) is 25.1. The Hall–Kier alpha value is -1.65. The highest BCUT2D eigenvalue weighted by Gasteiger charge is 2.30. The molecule has 0 amide bonds. The van der Waals surface area contributed by atoms with Gasteiger partial charge in [-0.3, -0.25) is 4.90 Å². The Morgan fingerprint density at radius 2 is 2.09 bits per heavy atom. The molecule has 0 bridgehead atoms. The fourth-order valence-corrected chi connectivity index (χ4v) is 3.51. The van der Waals surface area contributed by atoms with Gasteiger partial charge in [-0.2, -0.15) is 0 Å². The summed E-state index contributed by atoms with van der Waals surface area (Å²) in [5.74, 6) is 1.72. The number of benzene rings is 1. The highest BCUT2D eigenvalue weighted by molar-refractivity contribution is 5.16. The van der Waals surface area contributed by atoms with Crippen molar-refractivity contribution in [2.24, 2.45) is 0 Å². The second kappa shape index (κ2) is 6.46. The second-order valence-corrected chi connectivity index (χ2v) is 7.07. The summed E-state index contributed by atoms with van der Waals surface area (Å²) in [5.41, 5.74) is 2.44. The van der Waals surface area contributed by atoms with Gasteiger partial charge in [0.05, 0.1) is 5.69 Å². The summed E-state index contributed by atoms with van der Waals surface area (Å²) in [6.07, 6.45) is 3.72. The van der Waals surface area contributed by atoms with E-state index >= 15 is 0 Å². The zero-order chi connectivity index (χ0) is 15.6. The summed E-state index contributed by atoms with van der Waals surface area (Å²) in [5, 5.41) is 7.85. The van der Waals surface area contributed by atoms with Gasteiger partial charge in [-0.15, -0.1) is 0 Å². The quantitative estimate of drug-likeness (QED) is 0.888. The molecule has 2 aliphatic rings. The minimum atomic E-state index is 0.537. The molecule has 0 spiro atoms. The molecule has 1 N–H and O–H groups in total. The Morgan fingerprint density at radius 3 is 2.87 bits per heavy atom. The molecular formula is C19H25N3O. The molecule has 1 aromatic heterocycles. The first kappa shape index (κ1) is 14.9. The highest BCUT2D eigenvalue weighted by Crippen LogP contribution is 2.40. The lowest BCUT2D eigenvalue weighted by Crippen LogP contribution is -2.32. The average molecular weight is 311 g/mol. The van der Waals surface area contributed by atoms with E-state index in [9.17, 15) is 0 Å². The third kappa shape index (κ3) is 3.65. The summed E-state index contributed by atoms with van der Waals surface area (Å²) < 4.78 is 5.42.